The Morgan fingerprint density at radius 2 is 1.77 bits per heavy atom. The SMILES string of the molecule is CCS(=O)(=O)c1ccc(CC(=O)Nc2ccc(C(=O)C3(c4cnn(C)c4)CC(F)(F)C3)nc2)cc1. The van der Waals surface area contributed by atoms with Crippen molar-refractivity contribution in [1.29, 1.82) is 0 Å². The first kappa shape index (κ1) is 24.6. The summed E-state index contributed by atoms with van der Waals surface area (Å²) in [6.07, 6.45) is 3.08. The van der Waals surface area contributed by atoms with Crippen molar-refractivity contribution in [1.82, 2.24) is 14.8 Å². The normalized spacial score (nSPS) is 16.3. The molecule has 35 heavy (non-hydrogen) atoms. The maximum absolute atomic E-state index is 13.8. The number of pyridine rings is 1. The lowest BCUT2D eigenvalue weighted by Crippen LogP contribution is -2.54. The van der Waals surface area contributed by atoms with Crippen LogP contribution < -0.4 is 5.32 Å². The van der Waals surface area contributed by atoms with Crippen LogP contribution in [-0.4, -0.2) is 46.5 Å². The van der Waals surface area contributed by atoms with Crippen molar-refractivity contribution in [2.45, 2.75) is 42.4 Å². The Hall–Kier alpha value is -3.47. The van der Waals surface area contributed by atoms with Crippen molar-refractivity contribution in [3.8, 4) is 0 Å². The quantitative estimate of drug-likeness (QED) is 0.473. The smallest absolute Gasteiger partial charge is 0.250 e. The van der Waals surface area contributed by atoms with E-state index in [4.69, 9.17) is 0 Å². The molecule has 0 radical (unpaired) electrons. The molecule has 1 aliphatic rings. The summed E-state index contributed by atoms with van der Waals surface area (Å²) in [5.41, 5.74) is 0.0307. The largest absolute Gasteiger partial charge is 0.324 e. The first-order valence-electron chi connectivity index (χ1n) is 10.9. The molecule has 1 N–H and O–H groups in total. The molecule has 0 aliphatic heterocycles. The first-order chi connectivity index (χ1) is 16.4. The Bertz CT molecular complexity index is 1360. The second-order valence-electron chi connectivity index (χ2n) is 8.73. The van der Waals surface area contributed by atoms with Gasteiger partial charge >= 0.3 is 0 Å². The lowest BCUT2D eigenvalue weighted by Gasteiger charge is -2.45. The van der Waals surface area contributed by atoms with E-state index in [0.717, 1.165) is 0 Å². The monoisotopic (exact) mass is 502 g/mol. The van der Waals surface area contributed by atoms with E-state index in [1.807, 2.05) is 0 Å². The lowest BCUT2D eigenvalue weighted by molar-refractivity contribution is -0.115. The zero-order valence-electron chi connectivity index (χ0n) is 19.2. The highest BCUT2D eigenvalue weighted by Crippen LogP contribution is 2.54. The van der Waals surface area contributed by atoms with Gasteiger partial charge in [-0.25, -0.2) is 17.2 Å². The third-order valence-electron chi connectivity index (χ3n) is 6.12. The number of benzene rings is 1. The van der Waals surface area contributed by atoms with Crippen LogP contribution in [0.15, 0.2) is 59.9 Å². The predicted molar refractivity (Wildman–Crippen MR) is 124 cm³/mol. The van der Waals surface area contributed by atoms with Crippen LogP contribution in [-0.2, 0) is 33.5 Å². The standard InChI is InChI=1S/C24H24F2N4O4S/c1-3-35(33,34)19-7-4-16(5-8-19)10-21(31)29-18-6-9-20(27-12-18)22(32)23(14-24(25,26)15-23)17-11-28-30(2)13-17/h4-9,11-13H,3,10,14-15H2,1-2H3,(H,29,31). The summed E-state index contributed by atoms with van der Waals surface area (Å²) in [6, 6.07) is 8.97. The third kappa shape index (κ3) is 5.00. The Labute approximate surface area is 201 Å². The second-order valence-corrected chi connectivity index (χ2v) is 11.0. The number of anilines is 1. The molecule has 1 saturated carbocycles. The van der Waals surface area contributed by atoms with Crippen molar-refractivity contribution < 1.29 is 26.8 Å². The number of carbonyl (C=O) groups excluding carboxylic acids is 2. The number of halogens is 2. The minimum absolute atomic E-state index is 0.00629. The Kier molecular flexibility index (Phi) is 6.31. The van der Waals surface area contributed by atoms with E-state index < -0.39 is 39.8 Å². The zero-order valence-corrected chi connectivity index (χ0v) is 20.0. The molecule has 0 unspecified atom stereocenters. The Balaban J connectivity index is 1.43. The number of aromatic nitrogens is 3. The zero-order chi connectivity index (χ0) is 25.4. The van der Waals surface area contributed by atoms with Crippen LogP contribution in [0, 0.1) is 0 Å². The number of carbonyl (C=O) groups is 2. The van der Waals surface area contributed by atoms with E-state index in [0.29, 0.717) is 16.8 Å². The molecule has 2 heterocycles. The molecule has 0 bridgehead atoms. The van der Waals surface area contributed by atoms with Crippen molar-refractivity contribution >= 4 is 27.2 Å². The van der Waals surface area contributed by atoms with Gasteiger partial charge in [0.25, 0.3) is 5.92 Å². The molecule has 1 fully saturated rings. The number of sulfone groups is 1. The number of alkyl halides is 2. The number of hydrogen-bond acceptors (Lipinski definition) is 6. The Morgan fingerprint density at radius 3 is 2.29 bits per heavy atom. The van der Waals surface area contributed by atoms with Crippen molar-refractivity contribution in [2.75, 3.05) is 11.1 Å². The highest BCUT2D eigenvalue weighted by atomic mass is 32.2. The lowest BCUT2D eigenvalue weighted by atomic mass is 9.59. The van der Waals surface area contributed by atoms with E-state index in [9.17, 15) is 26.8 Å². The van der Waals surface area contributed by atoms with Crippen LogP contribution in [0.2, 0.25) is 0 Å². The maximum atomic E-state index is 13.8. The molecule has 1 aliphatic carbocycles. The minimum atomic E-state index is -3.32. The molecule has 1 aromatic carbocycles. The van der Waals surface area contributed by atoms with Gasteiger partial charge in [0, 0.05) is 31.6 Å². The van der Waals surface area contributed by atoms with Gasteiger partial charge in [-0.05, 0) is 29.8 Å². The van der Waals surface area contributed by atoms with Crippen LogP contribution in [0.25, 0.3) is 0 Å². The minimum Gasteiger partial charge on any atom is -0.324 e. The van der Waals surface area contributed by atoms with E-state index >= 15 is 0 Å². The van der Waals surface area contributed by atoms with Gasteiger partial charge in [0.1, 0.15) is 5.69 Å². The van der Waals surface area contributed by atoms with E-state index in [1.165, 1.54) is 41.3 Å². The number of nitrogens with zero attached hydrogens (tertiary/aromatic N) is 3. The average Bonchev–Trinajstić information content (AvgIpc) is 3.24. The number of hydrogen-bond donors (Lipinski definition) is 1. The van der Waals surface area contributed by atoms with Crippen molar-refractivity contribution in [3.05, 3.63) is 71.8 Å². The molecule has 1 amide bonds. The number of Topliss-reactive ketones (excluding diaryl/α,β-unsaturated/α-hetero) is 1. The molecular weight excluding hydrogens is 478 g/mol. The predicted octanol–water partition coefficient (Wildman–Crippen LogP) is 3.34. The highest BCUT2D eigenvalue weighted by Gasteiger charge is 2.62. The van der Waals surface area contributed by atoms with Gasteiger partial charge < -0.3 is 5.32 Å². The summed E-state index contributed by atoms with van der Waals surface area (Å²) < 4.78 is 52.9. The molecular formula is C24H24F2N4O4S. The average molecular weight is 503 g/mol. The van der Waals surface area contributed by atoms with Gasteiger partial charge in [0.05, 0.1) is 40.6 Å². The third-order valence-corrected chi connectivity index (χ3v) is 7.87. The fourth-order valence-electron chi connectivity index (χ4n) is 4.21. The fraction of sp³-hybridized carbons (Fsp3) is 0.333. The molecule has 8 nitrogen and oxygen atoms in total. The molecule has 11 heteroatoms. The van der Waals surface area contributed by atoms with Crippen LogP contribution in [0.4, 0.5) is 14.5 Å². The van der Waals surface area contributed by atoms with Gasteiger partial charge in [-0.3, -0.25) is 19.3 Å². The summed E-state index contributed by atoms with van der Waals surface area (Å²) in [6.45, 7) is 1.56. The van der Waals surface area contributed by atoms with Gasteiger partial charge in [0.15, 0.2) is 15.6 Å². The van der Waals surface area contributed by atoms with Crippen LogP contribution >= 0.6 is 0 Å². The van der Waals surface area contributed by atoms with Gasteiger partial charge in [-0.2, -0.15) is 5.10 Å². The molecule has 0 spiro atoms. The fourth-order valence-corrected chi connectivity index (χ4v) is 5.10. The summed E-state index contributed by atoms with van der Waals surface area (Å²) in [5, 5.41) is 6.68. The molecule has 4 rings (SSSR count). The molecule has 3 aromatic rings. The van der Waals surface area contributed by atoms with E-state index in [2.05, 4.69) is 15.4 Å². The number of nitrogens with one attached hydrogen (secondary N) is 1. The summed E-state index contributed by atoms with van der Waals surface area (Å²) >= 11 is 0. The van der Waals surface area contributed by atoms with E-state index in [1.54, 1.807) is 32.3 Å². The number of amides is 1. The van der Waals surface area contributed by atoms with Gasteiger partial charge in [-0.15, -0.1) is 0 Å². The van der Waals surface area contributed by atoms with Crippen molar-refractivity contribution in [3.63, 3.8) is 0 Å². The van der Waals surface area contributed by atoms with Crippen LogP contribution in [0.3, 0.4) is 0 Å². The van der Waals surface area contributed by atoms with Crippen LogP contribution in [0.5, 0.6) is 0 Å². The van der Waals surface area contributed by atoms with Crippen LogP contribution in [0.1, 0.15) is 41.4 Å². The summed E-state index contributed by atoms with van der Waals surface area (Å²) in [4.78, 5) is 29.9. The van der Waals surface area contributed by atoms with Gasteiger partial charge in [-0.1, -0.05) is 19.1 Å². The maximum Gasteiger partial charge on any atom is 0.250 e. The molecule has 184 valence electrons. The molecule has 0 saturated heterocycles. The highest BCUT2D eigenvalue weighted by molar-refractivity contribution is 7.91. The summed E-state index contributed by atoms with van der Waals surface area (Å²) in [5.74, 6) is -3.82. The topological polar surface area (TPSA) is 111 Å². The molecule has 0 atom stereocenters. The first-order valence-corrected chi connectivity index (χ1v) is 12.6. The second kappa shape index (κ2) is 8.95. The molecule has 2 aromatic heterocycles. The Morgan fingerprint density at radius 1 is 1.09 bits per heavy atom. The number of ketones is 1. The van der Waals surface area contributed by atoms with Crippen molar-refractivity contribution in [2.24, 2.45) is 7.05 Å². The summed E-state index contributed by atoms with van der Waals surface area (Å²) in [7, 11) is -1.67. The number of rotatable bonds is 8. The van der Waals surface area contributed by atoms with E-state index in [-0.39, 0.29) is 28.7 Å². The number of aryl methyl sites for hydroxylation is 1. The van der Waals surface area contributed by atoms with Gasteiger partial charge in [0.2, 0.25) is 5.91 Å².